The molecule has 0 saturated carbocycles. The lowest BCUT2D eigenvalue weighted by molar-refractivity contribution is -0.141. The maximum atomic E-state index is 9.98. The monoisotopic (exact) mass is 310 g/mol. The highest BCUT2D eigenvalue weighted by atomic mass is 16.5. The van der Waals surface area contributed by atoms with Gasteiger partial charge >= 0.3 is 5.97 Å². The molecule has 0 saturated heterocycles. The minimum atomic E-state index is -0.833. The molecule has 1 atom stereocenters. The maximum Gasteiger partial charge on any atom is 0.302 e. The van der Waals surface area contributed by atoms with Crippen molar-refractivity contribution in [1.82, 2.24) is 0 Å². The first-order valence-electron chi connectivity index (χ1n) is 6.48. The van der Waals surface area contributed by atoms with Gasteiger partial charge < -0.3 is 24.5 Å². The summed E-state index contributed by atoms with van der Waals surface area (Å²) in [5, 5.41) is 15.8. The van der Waals surface area contributed by atoms with Crippen molar-refractivity contribution in [1.29, 1.82) is 0 Å². The molecule has 0 spiro atoms. The van der Waals surface area contributed by atoms with Gasteiger partial charge in [0.2, 0.25) is 0 Å². The number of rotatable bonds is 4. The predicted molar refractivity (Wildman–Crippen MR) is 80.1 cm³/mol. The number of aliphatic hydroxyl groups excluding tert-OH is 1. The topological polar surface area (TPSA) is 110 Å². The Kier molecular flexibility index (Phi) is 31.3. The second kappa shape index (κ2) is 23.6. The number of esters is 1. The third-order valence-electron chi connectivity index (χ3n) is 0.917. The molecule has 0 heterocycles. The SMILES string of the molecule is CC(=O)O.CC(C)=O.CCCOC(C)=O.COCC(C)O. The summed E-state index contributed by atoms with van der Waals surface area (Å²) in [5.74, 6) is -0.859. The summed E-state index contributed by atoms with van der Waals surface area (Å²) in [7, 11) is 1.56. The molecule has 0 rings (SSSR count). The molecular formula is C14H30O7. The van der Waals surface area contributed by atoms with Crippen molar-refractivity contribution in [3.63, 3.8) is 0 Å². The minimum absolute atomic E-state index is 0.167. The second-order valence-electron chi connectivity index (χ2n) is 4.07. The highest BCUT2D eigenvalue weighted by molar-refractivity contribution is 5.72. The zero-order valence-electron chi connectivity index (χ0n) is 14.1. The number of hydrogen-bond donors (Lipinski definition) is 2. The lowest BCUT2D eigenvalue weighted by atomic mass is 10.5. The van der Waals surface area contributed by atoms with Gasteiger partial charge in [0.05, 0.1) is 19.3 Å². The summed E-state index contributed by atoms with van der Waals surface area (Å²) in [6.07, 6.45) is 0.578. The van der Waals surface area contributed by atoms with Gasteiger partial charge in [-0.1, -0.05) is 6.92 Å². The van der Waals surface area contributed by atoms with Crippen LogP contribution in [0.15, 0.2) is 0 Å². The van der Waals surface area contributed by atoms with E-state index in [1.807, 2.05) is 6.92 Å². The molecule has 0 fully saturated rings. The summed E-state index contributed by atoms with van der Waals surface area (Å²) in [5.41, 5.74) is 0. The zero-order chi connectivity index (χ0) is 17.8. The lowest BCUT2D eigenvalue weighted by Gasteiger charge is -1.97. The standard InChI is InChI=1S/C5H10O2.C4H10O2.C3H6O.C2H4O2/c1-3-4-7-5(2)6;1-4(5)3-6-2;1-3(2)4;1-2(3)4/h3-4H2,1-2H3;4-5H,3H2,1-2H3;1-2H3;1H3,(H,3,4). The average molecular weight is 310 g/mol. The number of Topliss-reactive ketones (excluding diaryl/α,β-unsaturated/α-hetero) is 1. The van der Waals surface area contributed by atoms with Gasteiger partial charge in [0.15, 0.2) is 0 Å². The van der Waals surface area contributed by atoms with Gasteiger partial charge in [-0.25, -0.2) is 0 Å². The molecule has 0 aliphatic rings. The van der Waals surface area contributed by atoms with Crippen molar-refractivity contribution < 1.29 is 34.1 Å². The minimum Gasteiger partial charge on any atom is -0.481 e. The number of carboxylic acid groups (broad SMARTS) is 1. The van der Waals surface area contributed by atoms with Crippen LogP contribution in [0.2, 0.25) is 0 Å². The van der Waals surface area contributed by atoms with Gasteiger partial charge in [-0.15, -0.1) is 0 Å². The Morgan fingerprint density at radius 2 is 1.43 bits per heavy atom. The molecule has 0 radical (unpaired) electrons. The van der Waals surface area contributed by atoms with Crippen molar-refractivity contribution in [3.05, 3.63) is 0 Å². The largest absolute Gasteiger partial charge is 0.481 e. The molecule has 21 heavy (non-hydrogen) atoms. The Bertz CT molecular complexity index is 230. The van der Waals surface area contributed by atoms with Crippen LogP contribution in [-0.2, 0) is 23.9 Å². The fourth-order valence-corrected chi connectivity index (χ4v) is 0.487. The molecular weight excluding hydrogens is 280 g/mol. The Morgan fingerprint density at radius 3 is 1.48 bits per heavy atom. The van der Waals surface area contributed by atoms with E-state index in [1.54, 1.807) is 14.0 Å². The van der Waals surface area contributed by atoms with E-state index in [-0.39, 0.29) is 17.9 Å². The van der Waals surface area contributed by atoms with E-state index in [0.29, 0.717) is 13.2 Å². The van der Waals surface area contributed by atoms with E-state index in [2.05, 4.69) is 9.47 Å². The Hall–Kier alpha value is -1.47. The van der Waals surface area contributed by atoms with Crippen LogP contribution in [0.25, 0.3) is 0 Å². The van der Waals surface area contributed by atoms with E-state index >= 15 is 0 Å². The molecule has 0 aromatic rings. The van der Waals surface area contributed by atoms with Crippen LogP contribution >= 0.6 is 0 Å². The zero-order valence-corrected chi connectivity index (χ0v) is 14.1. The molecule has 7 heteroatoms. The number of hydrogen-bond acceptors (Lipinski definition) is 6. The number of methoxy groups -OCH3 is 1. The van der Waals surface area contributed by atoms with Crippen LogP contribution in [0, 0.1) is 0 Å². The smallest absolute Gasteiger partial charge is 0.302 e. The highest BCUT2D eigenvalue weighted by Crippen LogP contribution is 1.78. The molecule has 0 aromatic heterocycles. The third-order valence-corrected chi connectivity index (χ3v) is 0.917. The fourth-order valence-electron chi connectivity index (χ4n) is 0.487. The average Bonchev–Trinajstić information content (AvgIpc) is 2.25. The first-order chi connectivity index (χ1) is 9.50. The van der Waals surface area contributed by atoms with Crippen molar-refractivity contribution in [2.75, 3.05) is 20.3 Å². The van der Waals surface area contributed by atoms with Crippen molar-refractivity contribution in [2.45, 2.75) is 54.1 Å². The summed E-state index contributed by atoms with van der Waals surface area (Å²) >= 11 is 0. The van der Waals surface area contributed by atoms with E-state index in [0.717, 1.165) is 13.3 Å². The van der Waals surface area contributed by atoms with Crippen LogP contribution in [0.3, 0.4) is 0 Å². The molecule has 0 aliphatic carbocycles. The molecule has 0 aromatic carbocycles. The van der Waals surface area contributed by atoms with Crippen LogP contribution in [0.1, 0.15) is 48.0 Å². The number of carbonyl (C=O) groups is 3. The maximum absolute atomic E-state index is 9.98. The van der Waals surface area contributed by atoms with Crippen molar-refractivity contribution in [2.24, 2.45) is 0 Å². The van der Waals surface area contributed by atoms with Crippen molar-refractivity contribution >= 4 is 17.7 Å². The normalized spacial score (nSPS) is 9.33. The summed E-state index contributed by atoms with van der Waals surface area (Å²) < 4.78 is 9.11. The number of aliphatic hydroxyl groups is 1. The number of ether oxygens (including phenoxy) is 2. The van der Waals surface area contributed by atoms with Crippen LogP contribution in [0.5, 0.6) is 0 Å². The van der Waals surface area contributed by atoms with Crippen LogP contribution in [-0.4, -0.2) is 54.4 Å². The molecule has 0 amide bonds. The van der Waals surface area contributed by atoms with Gasteiger partial charge in [-0.05, 0) is 27.2 Å². The lowest BCUT2D eigenvalue weighted by Crippen LogP contribution is -2.07. The molecule has 128 valence electrons. The predicted octanol–water partition coefficient (Wildman–Crippen LogP) is 1.66. The van der Waals surface area contributed by atoms with Crippen LogP contribution < -0.4 is 0 Å². The van der Waals surface area contributed by atoms with E-state index in [9.17, 15) is 9.59 Å². The third kappa shape index (κ3) is 166. The number of carboxylic acids is 1. The summed E-state index contributed by atoms with van der Waals surface area (Å²) in [6, 6.07) is 0. The van der Waals surface area contributed by atoms with Crippen molar-refractivity contribution in [3.8, 4) is 0 Å². The summed E-state index contributed by atoms with van der Waals surface area (Å²) in [6.45, 7) is 10.2. The van der Waals surface area contributed by atoms with E-state index in [4.69, 9.17) is 15.0 Å². The summed E-state index contributed by atoms with van der Waals surface area (Å²) in [4.78, 5) is 28.4. The number of aliphatic carboxylic acids is 1. The molecule has 7 nitrogen and oxygen atoms in total. The van der Waals surface area contributed by atoms with Gasteiger partial charge in [0.25, 0.3) is 5.97 Å². The Balaban J connectivity index is -0.0000000948. The number of ketones is 1. The second-order valence-corrected chi connectivity index (χ2v) is 4.07. The van der Waals surface area contributed by atoms with E-state index in [1.165, 1.54) is 20.8 Å². The molecule has 2 N–H and O–H groups in total. The highest BCUT2D eigenvalue weighted by Gasteiger charge is 1.87. The Labute approximate surface area is 127 Å². The first-order valence-corrected chi connectivity index (χ1v) is 6.48. The van der Waals surface area contributed by atoms with Gasteiger partial charge in [0, 0.05) is 21.0 Å². The quantitative estimate of drug-likeness (QED) is 0.760. The van der Waals surface area contributed by atoms with Gasteiger partial charge in [-0.2, -0.15) is 0 Å². The van der Waals surface area contributed by atoms with Gasteiger partial charge in [-0.3, -0.25) is 9.59 Å². The molecule has 1 unspecified atom stereocenters. The fraction of sp³-hybridized carbons (Fsp3) is 0.786. The molecule has 0 aliphatic heterocycles. The first kappa shape index (κ1) is 27.8. The van der Waals surface area contributed by atoms with E-state index < -0.39 is 5.97 Å². The van der Waals surface area contributed by atoms with Gasteiger partial charge in [0.1, 0.15) is 5.78 Å². The number of carbonyl (C=O) groups excluding carboxylic acids is 2. The Morgan fingerprint density at radius 1 is 1.10 bits per heavy atom. The molecule has 0 bridgehead atoms. The van der Waals surface area contributed by atoms with Crippen LogP contribution in [0.4, 0.5) is 0 Å².